The molecule has 0 saturated carbocycles. The number of ether oxygens (including phenoxy) is 4. The Morgan fingerprint density at radius 2 is 2.00 bits per heavy atom. The third-order valence-corrected chi connectivity index (χ3v) is 3.57. The molecule has 6 heteroatoms. The zero-order valence-electron chi connectivity index (χ0n) is 12.5. The Bertz CT molecular complexity index is 729. The van der Waals surface area contributed by atoms with Gasteiger partial charge in [-0.15, -0.1) is 0 Å². The van der Waals surface area contributed by atoms with Crippen LogP contribution in [0.2, 0.25) is 5.02 Å². The number of halogens is 1. The number of hydrogen-bond donors (Lipinski definition) is 0. The predicted octanol–water partition coefficient (Wildman–Crippen LogP) is 3.86. The number of rotatable bonds is 6. The van der Waals surface area contributed by atoms with Crippen molar-refractivity contribution in [3.05, 3.63) is 46.5 Å². The Hall–Kier alpha value is -2.40. The normalized spacial score (nSPS) is 12.1. The molecule has 120 valence electrons. The maximum absolute atomic E-state index is 10.9. The molecule has 0 aliphatic carbocycles. The highest BCUT2D eigenvalue weighted by molar-refractivity contribution is 6.32. The van der Waals surface area contributed by atoms with Gasteiger partial charge >= 0.3 is 0 Å². The molecule has 2 aromatic rings. The minimum atomic E-state index is 0.229. The second-order valence-electron chi connectivity index (χ2n) is 4.86. The van der Waals surface area contributed by atoms with E-state index in [1.54, 1.807) is 12.1 Å². The first-order valence-electron chi connectivity index (χ1n) is 7.14. The number of aldehydes is 1. The van der Waals surface area contributed by atoms with E-state index in [0.29, 0.717) is 34.4 Å². The summed E-state index contributed by atoms with van der Waals surface area (Å²) >= 11 is 6.20. The standard InChI is InChI=1S/C17H15ClO5/c1-2-20-16-7-12(8-19)5-13(18)17(16)21-9-11-3-4-14-15(6-11)23-10-22-14/h3-8H,2,9-10H2,1H3. The van der Waals surface area contributed by atoms with Gasteiger partial charge in [0.15, 0.2) is 23.0 Å². The van der Waals surface area contributed by atoms with E-state index in [0.717, 1.165) is 17.6 Å². The van der Waals surface area contributed by atoms with Gasteiger partial charge in [-0.1, -0.05) is 17.7 Å². The first kappa shape index (κ1) is 15.5. The van der Waals surface area contributed by atoms with Crippen molar-refractivity contribution in [3.8, 4) is 23.0 Å². The van der Waals surface area contributed by atoms with Gasteiger partial charge in [0, 0.05) is 5.56 Å². The average molecular weight is 335 g/mol. The van der Waals surface area contributed by atoms with Gasteiger partial charge in [0.25, 0.3) is 0 Å². The van der Waals surface area contributed by atoms with Crippen molar-refractivity contribution >= 4 is 17.9 Å². The molecule has 0 spiro atoms. The number of hydrogen-bond acceptors (Lipinski definition) is 5. The lowest BCUT2D eigenvalue weighted by molar-refractivity contribution is 0.112. The van der Waals surface area contributed by atoms with E-state index >= 15 is 0 Å². The van der Waals surface area contributed by atoms with Gasteiger partial charge in [0.05, 0.1) is 11.6 Å². The molecule has 5 nitrogen and oxygen atoms in total. The second kappa shape index (κ2) is 6.79. The van der Waals surface area contributed by atoms with Crippen LogP contribution in [0.5, 0.6) is 23.0 Å². The van der Waals surface area contributed by atoms with Crippen molar-refractivity contribution in [2.24, 2.45) is 0 Å². The summed E-state index contributed by atoms with van der Waals surface area (Å²) in [5.74, 6) is 2.27. The van der Waals surface area contributed by atoms with Crippen LogP contribution in [-0.2, 0) is 6.61 Å². The molecule has 1 aliphatic rings. The average Bonchev–Trinajstić information content (AvgIpc) is 3.01. The maximum Gasteiger partial charge on any atom is 0.231 e. The van der Waals surface area contributed by atoms with Crippen molar-refractivity contribution in [1.82, 2.24) is 0 Å². The number of carbonyl (C=O) groups excluding carboxylic acids is 1. The van der Waals surface area contributed by atoms with Gasteiger partial charge in [0.1, 0.15) is 12.9 Å². The SMILES string of the molecule is CCOc1cc(C=O)cc(Cl)c1OCc1ccc2c(c1)OCO2. The fourth-order valence-electron chi connectivity index (χ4n) is 2.25. The molecule has 0 atom stereocenters. The molecule has 0 amide bonds. The van der Waals surface area contributed by atoms with E-state index < -0.39 is 0 Å². The summed E-state index contributed by atoms with van der Waals surface area (Å²) in [5, 5.41) is 0.332. The van der Waals surface area contributed by atoms with E-state index in [-0.39, 0.29) is 13.4 Å². The third kappa shape index (κ3) is 3.35. The van der Waals surface area contributed by atoms with Crippen LogP contribution in [0.4, 0.5) is 0 Å². The monoisotopic (exact) mass is 334 g/mol. The zero-order chi connectivity index (χ0) is 16.2. The lowest BCUT2D eigenvalue weighted by Gasteiger charge is -2.14. The Kier molecular flexibility index (Phi) is 4.57. The van der Waals surface area contributed by atoms with Gasteiger partial charge in [-0.25, -0.2) is 0 Å². The summed E-state index contributed by atoms with van der Waals surface area (Å²) in [5.41, 5.74) is 1.35. The lowest BCUT2D eigenvalue weighted by atomic mass is 10.2. The van der Waals surface area contributed by atoms with Crippen LogP contribution in [0.15, 0.2) is 30.3 Å². The van der Waals surface area contributed by atoms with Crippen LogP contribution in [0.3, 0.4) is 0 Å². The number of fused-ring (bicyclic) bond motifs is 1. The van der Waals surface area contributed by atoms with Gasteiger partial charge in [-0.05, 0) is 36.8 Å². The molecule has 0 radical (unpaired) electrons. The highest BCUT2D eigenvalue weighted by atomic mass is 35.5. The Morgan fingerprint density at radius 3 is 2.78 bits per heavy atom. The largest absolute Gasteiger partial charge is 0.490 e. The van der Waals surface area contributed by atoms with Crippen LogP contribution in [0.1, 0.15) is 22.8 Å². The smallest absolute Gasteiger partial charge is 0.231 e. The van der Waals surface area contributed by atoms with Crippen LogP contribution in [0, 0.1) is 0 Å². The van der Waals surface area contributed by atoms with E-state index in [2.05, 4.69) is 0 Å². The highest BCUT2D eigenvalue weighted by Gasteiger charge is 2.15. The second-order valence-corrected chi connectivity index (χ2v) is 5.26. The van der Waals surface area contributed by atoms with Crippen molar-refractivity contribution in [2.75, 3.05) is 13.4 Å². The lowest BCUT2D eigenvalue weighted by Crippen LogP contribution is -2.01. The van der Waals surface area contributed by atoms with E-state index in [4.69, 9.17) is 30.5 Å². The van der Waals surface area contributed by atoms with Crippen molar-refractivity contribution in [2.45, 2.75) is 13.5 Å². The molecule has 0 aromatic heterocycles. The Morgan fingerprint density at radius 1 is 1.17 bits per heavy atom. The molecule has 1 aliphatic heterocycles. The maximum atomic E-state index is 10.9. The zero-order valence-corrected chi connectivity index (χ0v) is 13.3. The summed E-state index contributed by atoms with van der Waals surface area (Å²) in [6.07, 6.45) is 0.718. The molecular weight excluding hydrogens is 320 g/mol. The van der Waals surface area contributed by atoms with Crippen molar-refractivity contribution < 1.29 is 23.7 Å². The van der Waals surface area contributed by atoms with Gasteiger partial charge in [-0.2, -0.15) is 0 Å². The van der Waals surface area contributed by atoms with Crippen molar-refractivity contribution in [1.29, 1.82) is 0 Å². The number of benzene rings is 2. The minimum Gasteiger partial charge on any atom is -0.490 e. The van der Waals surface area contributed by atoms with Crippen LogP contribution < -0.4 is 18.9 Å². The molecule has 0 N–H and O–H groups in total. The summed E-state index contributed by atoms with van der Waals surface area (Å²) < 4.78 is 21.9. The first-order chi connectivity index (χ1) is 11.2. The molecule has 1 heterocycles. The summed E-state index contributed by atoms with van der Waals surface area (Å²) in [6, 6.07) is 8.74. The predicted molar refractivity (Wildman–Crippen MR) is 84.9 cm³/mol. The summed E-state index contributed by atoms with van der Waals surface area (Å²) in [6.45, 7) is 2.81. The Balaban J connectivity index is 1.80. The van der Waals surface area contributed by atoms with Crippen LogP contribution in [-0.4, -0.2) is 19.7 Å². The fraction of sp³-hybridized carbons (Fsp3) is 0.235. The molecular formula is C17H15ClO5. The quantitative estimate of drug-likeness (QED) is 0.751. The molecule has 0 bridgehead atoms. The van der Waals surface area contributed by atoms with E-state index in [9.17, 15) is 4.79 Å². The van der Waals surface area contributed by atoms with Gasteiger partial charge < -0.3 is 18.9 Å². The highest BCUT2D eigenvalue weighted by Crippen LogP contribution is 2.38. The molecule has 2 aromatic carbocycles. The molecule has 3 rings (SSSR count). The van der Waals surface area contributed by atoms with Gasteiger partial charge in [-0.3, -0.25) is 4.79 Å². The topological polar surface area (TPSA) is 54.0 Å². The number of carbonyl (C=O) groups is 1. The summed E-state index contributed by atoms with van der Waals surface area (Å²) in [7, 11) is 0. The van der Waals surface area contributed by atoms with Crippen molar-refractivity contribution in [3.63, 3.8) is 0 Å². The molecule has 0 saturated heterocycles. The van der Waals surface area contributed by atoms with E-state index in [1.165, 1.54) is 0 Å². The summed E-state index contributed by atoms with van der Waals surface area (Å²) in [4.78, 5) is 10.9. The third-order valence-electron chi connectivity index (χ3n) is 3.29. The molecule has 23 heavy (non-hydrogen) atoms. The molecule has 0 unspecified atom stereocenters. The Labute approximate surface area is 138 Å². The fourth-order valence-corrected chi connectivity index (χ4v) is 2.52. The van der Waals surface area contributed by atoms with E-state index in [1.807, 2.05) is 25.1 Å². The van der Waals surface area contributed by atoms with Crippen LogP contribution in [0.25, 0.3) is 0 Å². The first-order valence-corrected chi connectivity index (χ1v) is 7.52. The molecule has 0 fully saturated rings. The van der Waals surface area contributed by atoms with Crippen LogP contribution >= 0.6 is 11.6 Å². The van der Waals surface area contributed by atoms with Gasteiger partial charge in [0.2, 0.25) is 6.79 Å². The minimum absolute atomic E-state index is 0.229.